The summed E-state index contributed by atoms with van der Waals surface area (Å²) in [6.45, 7) is 0.989. The van der Waals surface area contributed by atoms with Gasteiger partial charge in [0.05, 0.1) is 24.6 Å². The zero-order chi connectivity index (χ0) is 16.7. The lowest BCUT2D eigenvalue weighted by Gasteiger charge is -2.17. The molecule has 8 heteroatoms. The summed E-state index contributed by atoms with van der Waals surface area (Å²) in [5, 5.41) is 3.13. The number of nitrogens with two attached hydrogens (primary N) is 2. The maximum atomic E-state index is 12.1. The number of nitrogens with zero attached hydrogens (tertiary/aromatic N) is 1. The lowest BCUT2D eigenvalue weighted by molar-refractivity contribution is 0.00852. The number of hydrogen-bond acceptors (Lipinski definition) is 7. The van der Waals surface area contributed by atoms with Crippen LogP contribution >= 0.6 is 0 Å². The third kappa shape index (κ3) is 4.77. The van der Waals surface area contributed by atoms with Crippen LogP contribution in [0.4, 0.5) is 5.82 Å². The minimum atomic E-state index is -0.738. The van der Waals surface area contributed by atoms with Gasteiger partial charge < -0.3 is 31.2 Å². The van der Waals surface area contributed by atoms with Gasteiger partial charge in [-0.15, -0.1) is 0 Å². The van der Waals surface area contributed by atoms with Crippen LogP contribution in [0.3, 0.4) is 0 Å². The molecule has 6 N–H and O–H groups in total. The largest absolute Gasteiger partial charge is 0.382 e. The lowest BCUT2D eigenvalue weighted by Crippen LogP contribution is -2.28. The van der Waals surface area contributed by atoms with Gasteiger partial charge in [0.25, 0.3) is 5.56 Å². The maximum Gasteiger partial charge on any atom is 0.258 e. The third-order valence-corrected chi connectivity index (χ3v) is 3.48. The Balaban J connectivity index is 2.12. The van der Waals surface area contributed by atoms with Crippen molar-refractivity contribution in [1.82, 2.24) is 9.97 Å². The number of hydrogen-bond donors (Lipinski definition) is 4. The van der Waals surface area contributed by atoms with E-state index < -0.39 is 6.04 Å². The second kappa shape index (κ2) is 8.64. The standard InChI is InChI=1S/C15H23N5O3/c1-22-8-10-5-6-12(23-10)20-14-13(15(21)19-9-18-14)11(17)4-2-3-7-16/h9-12H,3,5-8,16-17H2,1H3,(H2,18,19,20,21)/t10-,11?,12+/m0/s1. The Bertz CT molecular complexity index is 622. The molecule has 0 spiro atoms. The predicted octanol–water partition coefficient (Wildman–Crippen LogP) is -0.315. The number of nitrogens with one attached hydrogen (secondary N) is 2. The van der Waals surface area contributed by atoms with Crippen molar-refractivity contribution in [1.29, 1.82) is 0 Å². The molecule has 0 bridgehead atoms. The Kier molecular flexibility index (Phi) is 6.55. The Morgan fingerprint density at radius 1 is 1.61 bits per heavy atom. The van der Waals surface area contributed by atoms with Crippen LogP contribution in [0.15, 0.2) is 11.1 Å². The van der Waals surface area contributed by atoms with E-state index in [1.54, 1.807) is 7.11 Å². The van der Waals surface area contributed by atoms with E-state index in [0.717, 1.165) is 12.8 Å². The summed E-state index contributed by atoms with van der Waals surface area (Å²) >= 11 is 0. The van der Waals surface area contributed by atoms with Crippen molar-refractivity contribution in [2.24, 2.45) is 11.5 Å². The Labute approximate surface area is 134 Å². The number of methoxy groups -OCH3 is 1. The van der Waals surface area contributed by atoms with Gasteiger partial charge in [-0.3, -0.25) is 4.79 Å². The highest BCUT2D eigenvalue weighted by Gasteiger charge is 2.27. The highest BCUT2D eigenvalue weighted by molar-refractivity contribution is 5.47. The predicted molar refractivity (Wildman–Crippen MR) is 86.6 cm³/mol. The Morgan fingerprint density at radius 2 is 2.43 bits per heavy atom. The van der Waals surface area contributed by atoms with Gasteiger partial charge in [-0.25, -0.2) is 4.98 Å². The molecule has 2 rings (SSSR count). The molecular weight excluding hydrogens is 298 g/mol. The van der Waals surface area contributed by atoms with Crippen molar-refractivity contribution in [2.45, 2.75) is 37.6 Å². The van der Waals surface area contributed by atoms with Crippen molar-refractivity contribution in [3.63, 3.8) is 0 Å². The quantitative estimate of drug-likeness (QED) is 0.529. The van der Waals surface area contributed by atoms with Crippen LogP contribution in [0.1, 0.15) is 30.9 Å². The lowest BCUT2D eigenvalue weighted by atomic mass is 10.1. The van der Waals surface area contributed by atoms with Crippen molar-refractivity contribution in [3.05, 3.63) is 22.2 Å². The monoisotopic (exact) mass is 321 g/mol. The molecule has 3 atom stereocenters. The van der Waals surface area contributed by atoms with Gasteiger partial charge in [-0.05, 0) is 12.8 Å². The van der Waals surface area contributed by atoms with Crippen LogP contribution in [0.25, 0.3) is 0 Å². The molecule has 2 heterocycles. The smallest absolute Gasteiger partial charge is 0.258 e. The summed E-state index contributed by atoms with van der Waals surface area (Å²) in [6.07, 6.45) is 3.35. The fourth-order valence-corrected chi connectivity index (χ4v) is 2.41. The average molecular weight is 321 g/mol. The molecule has 1 fully saturated rings. The fourth-order valence-electron chi connectivity index (χ4n) is 2.41. The Hall–Kier alpha value is -1.92. The van der Waals surface area contributed by atoms with Gasteiger partial charge >= 0.3 is 0 Å². The summed E-state index contributed by atoms with van der Waals surface area (Å²) in [7, 11) is 1.64. The van der Waals surface area contributed by atoms with Gasteiger partial charge in [-0.2, -0.15) is 0 Å². The number of H-pyrrole nitrogens is 1. The summed E-state index contributed by atoms with van der Waals surface area (Å²) in [5.41, 5.74) is 11.4. The summed E-state index contributed by atoms with van der Waals surface area (Å²) in [5.74, 6) is 6.07. The topological polar surface area (TPSA) is 128 Å². The first-order chi connectivity index (χ1) is 11.2. The van der Waals surface area contributed by atoms with Crippen LogP contribution in [-0.4, -0.2) is 42.6 Å². The van der Waals surface area contributed by atoms with Crippen molar-refractivity contribution >= 4 is 5.82 Å². The fraction of sp³-hybridized carbons (Fsp3) is 0.600. The van der Waals surface area contributed by atoms with Crippen LogP contribution in [-0.2, 0) is 9.47 Å². The summed E-state index contributed by atoms with van der Waals surface area (Å²) in [6, 6.07) is -0.738. The average Bonchev–Trinajstić information content (AvgIpc) is 2.95. The molecule has 0 aliphatic carbocycles. The number of aromatic nitrogens is 2. The van der Waals surface area contributed by atoms with Gasteiger partial charge in [-0.1, -0.05) is 11.8 Å². The van der Waals surface area contributed by atoms with Crippen molar-refractivity contribution < 1.29 is 9.47 Å². The molecule has 8 nitrogen and oxygen atoms in total. The van der Waals surface area contributed by atoms with Gasteiger partial charge in [0, 0.05) is 20.1 Å². The van der Waals surface area contributed by atoms with E-state index in [2.05, 4.69) is 27.1 Å². The zero-order valence-corrected chi connectivity index (χ0v) is 13.2. The van der Waals surface area contributed by atoms with Crippen LogP contribution in [0.5, 0.6) is 0 Å². The van der Waals surface area contributed by atoms with Crippen molar-refractivity contribution in [2.75, 3.05) is 25.6 Å². The summed E-state index contributed by atoms with van der Waals surface area (Å²) < 4.78 is 10.9. The minimum Gasteiger partial charge on any atom is -0.382 e. The molecule has 0 amide bonds. The van der Waals surface area contributed by atoms with Gasteiger partial charge in [0.15, 0.2) is 0 Å². The highest BCUT2D eigenvalue weighted by atomic mass is 16.5. The molecule has 1 aliphatic heterocycles. The number of anilines is 1. The van der Waals surface area contributed by atoms with E-state index in [1.165, 1.54) is 6.33 Å². The van der Waals surface area contributed by atoms with E-state index in [1.807, 2.05) is 0 Å². The minimum absolute atomic E-state index is 0.0426. The second-order valence-corrected chi connectivity index (χ2v) is 5.26. The van der Waals surface area contributed by atoms with Crippen molar-refractivity contribution in [3.8, 4) is 11.8 Å². The van der Waals surface area contributed by atoms with Crippen LogP contribution in [0.2, 0.25) is 0 Å². The number of rotatable bonds is 6. The number of aromatic amines is 1. The normalized spacial score (nSPS) is 21.5. The first kappa shape index (κ1) is 17.4. The number of ether oxygens (including phenoxy) is 2. The van der Waals surface area contributed by atoms with Crippen LogP contribution < -0.4 is 22.3 Å². The van der Waals surface area contributed by atoms with E-state index in [9.17, 15) is 4.79 Å². The highest BCUT2D eigenvalue weighted by Crippen LogP contribution is 2.23. The first-order valence-electron chi connectivity index (χ1n) is 7.58. The third-order valence-electron chi connectivity index (χ3n) is 3.48. The SMILES string of the molecule is COC[C@@H]1CC[C@H](Nc2nc[nH]c(=O)c2C(N)C#CCCN)O1. The van der Waals surface area contributed by atoms with E-state index >= 15 is 0 Å². The molecule has 1 aliphatic rings. The van der Waals surface area contributed by atoms with Gasteiger partial charge in [0.1, 0.15) is 18.1 Å². The summed E-state index contributed by atoms with van der Waals surface area (Å²) in [4.78, 5) is 18.8. The maximum absolute atomic E-state index is 12.1. The van der Waals surface area contributed by atoms with E-state index in [0.29, 0.717) is 31.0 Å². The molecule has 1 aromatic heterocycles. The van der Waals surface area contributed by atoms with Crippen LogP contribution in [0, 0.1) is 11.8 Å². The molecule has 0 aromatic carbocycles. The first-order valence-corrected chi connectivity index (χ1v) is 7.58. The molecular formula is C15H23N5O3. The van der Waals surface area contributed by atoms with E-state index in [4.69, 9.17) is 20.9 Å². The molecule has 1 unspecified atom stereocenters. The molecule has 1 aromatic rings. The molecule has 23 heavy (non-hydrogen) atoms. The van der Waals surface area contributed by atoms with E-state index in [-0.39, 0.29) is 17.9 Å². The van der Waals surface area contributed by atoms with Gasteiger partial charge in [0.2, 0.25) is 0 Å². The molecule has 0 radical (unpaired) electrons. The zero-order valence-electron chi connectivity index (χ0n) is 13.2. The molecule has 126 valence electrons. The second-order valence-electron chi connectivity index (χ2n) is 5.26. The molecule has 1 saturated heterocycles. The molecule has 0 saturated carbocycles. The Morgan fingerprint density at radius 3 is 3.17 bits per heavy atom.